The van der Waals surface area contributed by atoms with Crippen LogP contribution in [0.25, 0.3) is 0 Å². The molecule has 4 heteroatoms. The van der Waals surface area contributed by atoms with Gasteiger partial charge in [-0.3, -0.25) is 0 Å². The van der Waals surface area contributed by atoms with Gasteiger partial charge < -0.3 is 5.32 Å². The molecule has 1 unspecified atom stereocenters. The highest BCUT2D eigenvalue weighted by molar-refractivity contribution is 7.91. The van der Waals surface area contributed by atoms with E-state index in [1.54, 1.807) is 6.92 Å². The first kappa shape index (κ1) is 15.2. The highest BCUT2D eigenvalue weighted by atomic mass is 32.2. The van der Waals surface area contributed by atoms with Gasteiger partial charge in [0.15, 0.2) is 9.84 Å². The second-order valence-electron chi connectivity index (χ2n) is 4.76. The monoisotopic (exact) mass is 269 g/mol. The second kappa shape index (κ2) is 6.34. The quantitative estimate of drug-likeness (QED) is 0.862. The van der Waals surface area contributed by atoms with Gasteiger partial charge in [0, 0.05) is 18.3 Å². The SMILES string of the molecule is CCS(=O)(=O)CCNC(C)c1ccc(C)c(C)c1. The number of rotatable bonds is 6. The van der Waals surface area contributed by atoms with E-state index in [0.29, 0.717) is 6.54 Å². The zero-order valence-corrected chi connectivity index (χ0v) is 12.5. The van der Waals surface area contributed by atoms with Crippen molar-refractivity contribution >= 4 is 9.84 Å². The molecule has 1 rings (SSSR count). The third-order valence-corrected chi connectivity index (χ3v) is 5.04. The molecule has 1 aromatic carbocycles. The summed E-state index contributed by atoms with van der Waals surface area (Å²) in [5, 5.41) is 3.26. The van der Waals surface area contributed by atoms with E-state index in [1.807, 2.05) is 0 Å². The summed E-state index contributed by atoms with van der Waals surface area (Å²) in [5.41, 5.74) is 3.74. The van der Waals surface area contributed by atoms with Crippen LogP contribution in [0.5, 0.6) is 0 Å². The Morgan fingerprint density at radius 3 is 2.44 bits per heavy atom. The van der Waals surface area contributed by atoms with Crippen molar-refractivity contribution in [2.24, 2.45) is 0 Å². The average Bonchev–Trinajstić information content (AvgIpc) is 2.32. The number of benzene rings is 1. The maximum atomic E-state index is 11.4. The molecule has 0 saturated heterocycles. The molecule has 18 heavy (non-hydrogen) atoms. The number of hydrogen-bond donors (Lipinski definition) is 1. The lowest BCUT2D eigenvalue weighted by molar-refractivity contribution is 0.573. The van der Waals surface area contributed by atoms with Crippen molar-refractivity contribution in [2.45, 2.75) is 33.7 Å². The van der Waals surface area contributed by atoms with Crippen LogP contribution in [0.4, 0.5) is 0 Å². The maximum Gasteiger partial charge on any atom is 0.151 e. The van der Waals surface area contributed by atoms with Gasteiger partial charge in [0.05, 0.1) is 5.75 Å². The van der Waals surface area contributed by atoms with Gasteiger partial charge in [-0.1, -0.05) is 25.1 Å². The van der Waals surface area contributed by atoms with E-state index in [2.05, 4.69) is 44.3 Å². The van der Waals surface area contributed by atoms with Crippen molar-refractivity contribution < 1.29 is 8.42 Å². The first-order valence-electron chi connectivity index (χ1n) is 6.36. The van der Waals surface area contributed by atoms with Crippen LogP contribution in [-0.4, -0.2) is 26.5 Å². The molecule has 0 aliphatic heterocycles. The predicted octanol–water partition coefficient (Wildman–Crippen LogP) is 2.39. The lowest BCUT2D eigenvalue weighted by atomic mass is 10.0. The summed E-state index contributed by atoms with van der Waals surface area (Å²) in [6, 6.07) is 6.53. The molecular weight excluding hydrogens is 246 g/mol. The topological polar surface area (TPSA) is 46.2 Å². The summed E-state index contributed by atoms with van der Waals surface area (Å²) in [7, 11) is -2.87. The van der Waals surface area contributed by atoms with Crippen LogP contribution in [0, 0.1) is 13.8 Å². The Labute approximate surface area is 111 Å². The largest absolute Gasteiger partial charge is 0.309 e. The van der Waals surface area contributed by atoms with Crippen LogP contribution in [-0.2, 0) is 9.84 Å². The van der Waals surface area contributed by atoms with Crippen LogP contribution in [0.1, 0.15) is 36.6 Å². The predicted molar refractivity (Wildman–Crippen MR) is 76.7 cm³/mol. The Morgan fingerprint density at radius 1 is 1.22 bits per heavy atom. The van der Waals surface area contributed by atoms with Crippen molar-refractivity contribution in [2.75, 3.05) is 18.1 Å². The standard InChI is InChI=1S/C14H23NO2S/c1-5-18(16,17)9-8-15-13(4)14-7-6-11(2)12(3)10-14/h6-7,10,13,15H,5,8-9H2,1-4H3. The van der Waals surface area contributed by atoms with Crippen LogP contribution in [0.15, 0.2) is 18.2 Å². The summed E-state index contributed by atoms with van der Waals surface area (Å²) in [5.74, 6) is 0.422. The summed E-state index contributed by atoms with van der Waals surface area (Å²) < 4.78 is 22.8. The Morgan fingerprint density at radius 2 is 1.89 bits per heavy atom. The minimum Gasteiger partial charge on any atom is -0.309 e. The van der Waals surface area contributed by atoms with E-state index in [9.17, 15) is 8.42 Å². The van der Waals surface area contributed by atoms with E-state index in [-0.39, 0.29) is 17.5 Å². The fraction of sp³-hybridized carbons (Fsp3) is 0.571. The van der Waals surface area contributed by atoms with Gasteiger partial charge in [0.25, 0.3) is 0 Å². The van der Waals surface area contributed by atoms with Crippen molar-refractivity contribution in [3.8, 4) is 0 Å². The molecule has 0 aromatic heterocycles. The lowest BCUT2D eigenvalue weighted by Crippen LogP contribution is -2.26. The molecule has 0 fully saturated rings. The fourth-order valence-electron chi connectivity index (χ4n) is 1.73. The first-order chi connectivity index (χ1) is 8.35. The number of hydrogen-bond acceptors (Lipinski definition) is 3. The molecule has 0 aliphatic carbocycles. The van der Waals surface area contributed by atoms with Gasteiger partial charge in [-0.15, -0.1) is 0 Å². The normalized spacial score (nSPS) is 13.6. The van der Waals surface area contributed by atoms with E-state index < -0.39 is 9.84 Å². The van der Waals surface area contributed by atoms with E-state index >= 15 is 0 Å². The van der Waals surface area contributed by atoms with Crippen molar-refractivity contribution in [1.29, 1.82) is 0 Å². The fourth-order valence-corrected chi connectivity index (χ4v) is 2.44. The molecule has 102 valence electrons. The molecule has 0 heterocycles. The maximum absolute atomic E-state index is 11.4. The van der Waals surface area contributed by atoms with E-state index in [0.717, 1.165) is 0 Å². The molecule has 0 spiro atoms. The third-order valence-electron chi connectivity index (χ3n) is 3.33. The Balaban J connectivity index is 2.55. The molecule has 0 saturated carbocycles. The zero-order chi connectivity index (χ0) is 13.8. The van der Waals surface area contributed by atoms with Crippen LogP contribution in [0.2, 0.25) is 0 Å². The molecule has 0 aliphatic rings. The lowest BCUT2D eigenvalue weighted by Gasteiger charge is -2.15. The minimum absolute atomic E-state index is 0.177. The third kappa shape index (κ3) is 4.42. The smallest absolute Gasteiger partial charge is 0.151 e. The van der Waals surface area contributed by atoms with Crippen molar-refractivity contribution in [1.82, 2.24) is 5.32 Å². The first-order valence-corrected chi connectivity index (χ1v) is 8.19. The van der Waals surface area contributed by atoms with Gasteiger partial charge in [0.1, 0.15) is 0 Å². The van der Waals surface area contributed by atoms with Crippen LogP contribution in [0.3, 0.4) is 0 Å². The summed E-state index contributed by atoms with van der Waals surface area (Å²) >= 11 is 0. The van der Waals surface area contributed by atoms with Crippen molar-refractivity contribution in [3.05, 3.63) is 34.9 Å². The number of nitrogens with one attached hydrogen (secondary N) is 1. The van der Waals surface area contributed by atoms with Gasteiger partial charge in [-0.25, -0.2) is 8.42 Å². The summed E-state index contributed by atoms with van der Waals surface area (Å²) in [4.78, 5) is 0. The van der Waals surface area contributed by atoms with Crippen LogP contribution < -0.4 is 5.32 Å². The van der Waals surface area contributed by atoms with Gasteiger partial charge in [0.2, 0.25) is 0 Å². The van der Waals surface area contributed by atoms with Crippen molar-refractivity contribution in [3.63, 3.8) is 0 Å². The molecule has 0 radical (unpaired) electrons. The van der Waals surface area contributed by atoms with Crippen LogP contribution >= 0.6 is 0 Å². The average molecular weight is 269 g/mol. The van der Waals surface area contributed by atoms with Gasteiger partial charge >= 0.3 is 0 Å². The summed E-state index contributed by atoms with van der Waals surface area (Å²) in [6.45, 7) is 8.42. The second-order valence-corrected chi connectivity index (χ2v) is 7.23. The molecule has 3 nitrogen and oxygen atoms in total. The minimum atomic E-state index is -2.87. The Hall–Kier alpha value is -0.870. The molecule has 0 amide bonds. The molecule has 1 N–H and O–H groups in total. The van der Waals surface area contributed by atoms with E-state index in [4.69, 9.17) is 0 Å². The Kier molecular flexibility index (Phi) is 5.35. The molecule has 0 bridgehead atoms. The highest BCUT2D eigenvalue weighted by Gasteiger charge is 2.09. The Bertz CT molecular complexity index is 495. The molecule has 1 aromatic rings. The molecular formula is C14H23NO2S. The number of aryl methyl sites for hydroxylation is 2. The molecule has 1 atom stereocenters. The zero-order valence-electron chi connectivity index (χ0n) is 11.7. The summed E-state index contributed by atoms with van der Waals surface area (Å²) in [6.07, 6.45) is 0. The highest BCUT2D eigenvalue weighted by Crippen LogP contribution is 2.16. The van der Waals surface area contributed by atoms with E-state index in [1.165, 1.54) is 16.7 Å². The van der Waals surface area contributed by atoms with Gasteiger partial charge in [-0.2, -0.15) is 0 Å². The number of sulfone groups is 1. The van der Waals surface area contributed by atoms with Gasteiger partial charge in [-0.05, 0) is 37.5 Å².